The Morgan fingerprint density at radius 2 is 1.96 bits per heavy atom. The number of hydrogen-bond donors (Lipinski definition) is 2. The molecule has 1 aliphatic rings. The lowest BCUT2D eigenvalue weighted by Crippen LogP contribution is -2.48. The summed E-state index contributed by atoms with van der Waals surface area (Å²) in [5.74, 6) is -1.26. The van der Waals surface area contributed by atoms with Crippen molar-refractivity contribution < 1.29 is 23.1 Å². The number of phenols is 1. The highest BCUT2D eigenvalue weighted by Gasteiger charge is 2.35. The quantitative estimate of drug-likeness (QED) is 0.729. The van der Waals surface area contributed by atoms with Crippen molar-refractivity contribution in [2.75, 3.05) is 24.6 Å². The molecule has 8 heteroatoms. The first-order valence-electron chi connectivity index (χ1n) is 7.89. The van der Waals surface area contributed by atoms with Crippen LogP contribution in [-0.2, 0) is 25.8 Å². The fourth-order valence-electron chi connectivity index (χ4n) is 2.78. The molecule has 132 valence electrons. The second-order valence-electron chi connectivity index (χ2n) is 5.82. The second-order valence-corrected chi connectivity index (χ2v) is 8.05. The standard InChI is InChI=1S/C16H22N2O5S/c1-2-18(13-8-10-24(22,23)11-13)16(21)15(20)17-9-7-12-3-5-14(19)6-4-12/h3-6,13,19H,2,7-11H2,1H3,(H,17,20). The molecule has 1 aliphatic heterocycles. The average Bonchev–Trinajstić information content (AvgIpc) is 2.89. The predicted molar refractivity (Wildman–Crippen MR) is 89.3 cm³/mol. The van der Waals surface area contributed by atoms with Crippen LogP contribution in [0.4, 0.5) is 0 Å². The summed E-state index contributed by atoms with van der Waals surface area (Å²) in [6, 6.07) is 6.18. The van der Waals surface area contributed by atoms with E-state index in [-0.39, 0.29) is 23.8 Å². The Labute approximate surface area is 141 Å². The highest BCUT2D eigenvalue weighted by molar-refractivity contribution is 7.91. The van der Waals surface area contributed by atoms with E-state index in [2.05, 4.69) is 5.32 Å². The molecule has 1 saturated heterocycles. The Morgan fingerprint density at radius 1 is 1.29 bits per heavy atom. The number of phenolic OH excluding ortho intramolecular Hbond substituents is 1. The van der Waals surface area contributed by atoms with Gasteiger partial charge in [0.05, 0.1) is 11.5 Å². The Bertz CT molecular complexity index is 700. The molecule has 7 nitrogen and oxygen atoms in total. The maximum Gasteiger partial charge on any atom is 0.312 e. The number of amides is 2. The molecular weight excluding hydrogens is 332 g/mol. The summed E-state index contributed by atoms with van der Waals surface area (Å²) < 4.78 is 23.1. The molecule has 2 amide bonds. The van der Waals surface area contributed by atoms with Crippen molar-refractivity contribution in [2.45, 2.75) is 25.8 Å². The number of nitrogens with zero attached hydrogens (tertiary/aromatic N) is 1. The van der Waals surface area contributed by atoms with Crippen molar-refractivity contribution in [3.8, 4) is 5.75 Å². The third-order valence-corrected chi connectivity index (χ3v) is 5.83. The van der Waals surface area contributed by atoms with Crippen molar-refractivity contribution in [3.63, 3.8) is 0 Å². The van der Waals surface area contributed by atoms with E-state index in [9.17, 15) is 23.1 Å². The van der Waals surface area contributed by atoms with Crippen LogP contribution < -0.4 is 5.32 Å². The number of hydrogen-bond acceptors (Lipinski definition) is 5. The SMILES string of the molecule is CCN(C(=O)C(=O)NCCc1ccc(O)cc1)C1CCS(=O)(=O)C1. The molecule has 0 radical (unpaired) electrons. The lowest BCUT2D eigenvalue weighted by molar-refractivity contribution is -0.146. The molecule has 24 heavy (non-hydrogen) atoms. The van der Waals surface area contributed by atoms with E-state index in [4.69, 9.17) is 0 Å². The largest absolute Gasteiger partial charge is 0.508 e. The molecule has 0 aromatic heterocycles. The third-order valence-electron chi connectivity index (χ3n) is 4.08. The number of aromatic hydroxyl groups is 1. The first kappa shape index (κ1) is 18.3. The normalized spacial score (nSPS) is 19.0. The van der Waals surface area contributed by atoms with Gasteiger partial charge in [-0.25, -0.2) is 8.42 Å². The van der Waals surface area contributed by atoms with Crippen molar-refractivity contribution >= 4 is 21.7 Å². The van der Waals surface area contributed by atoms with E-state index in [0.29, 0.717) is 19.4 Å². The van der Waals surface area contributed by atoms with Crippen molar-refractivity contribution in [1.29, 1.82) is 0 Å². The van der Waals surface area contributed by atoms with Gasteiger partial charge in [0.15, 0.2) is 9.84 Å². The summed E-state index contributed by atoms with van der Waals surface area (Å²) in [5.41, 5.74) is 0.926. The monoisotopic (exact) mass is 354 g/mol. The Balaban J connectivity index is 1.86. The van der Waals surface area contributed by atoms with Gasteiger partial charge in [-0.3, -0.25) is 9.59 Å². The van der Waals surface area contributed by atoms with Gasteiger partial charge in [-0.2, -0.15) is 0 Å². The zero-order valence-electron chi connectivity index (χ0n) is 13.6. The molecule has 1 atom stereocenters. The minimum Gasteiger partial charge on any atom is -0.508 e. The highest BCUT2D eigenvalue weighted by Crippen LogP contribution is 2.17. The zero-order valence-corrected chi connectivity index (χ0v) is 14.4. The van der Waals surface area contributed by atoms with Gasteiger partial charge in [0, 0.05) is 19.1 Å². The van der Waals surface area contributed by atoms with Crippen LogP contribution in [0.25, 0.3) is 0 Å². The predicted octanol–water partition coefficient (Wildman–Crippen LogP) is 0.0865. The molecule has 0 spiro atoms. The van der Waals surface area contributed by atoms with Crippen molar-refractivity contribution in [3.05, 3.63) is 29.8 Å². The lowest BCUT2D eigenvalue weighted by Gasteiger charge is -2.26. The van der Waals surface area contributed by atoms with E-state index in [0.717, 1.165) is 5.56 Å². The molecule has 1 unspecified atom stereocenters. The molecule has 1 fully saturated rings. The number of sulfone groups is 1. The summed E-state index contributed by atoms with van der Waals surface area (Å²) in [7, 11) is -3.11. The number of nitrogens with one attached hydrogen (secondary N) is 1. The topological polar surface area (TPSA) is 104 Å². The first-order chi connectivity index (χ1) is 11.3. The molecule has 1 aromatic rings. The lowest BCUT2D eigenvalue weighted by atomic mass is 10.1. The summed E-state index contributed by atoms with van der Waals surface area (Å²) in [6.07, 6.45) is 0.909. The summed E-state index contributed by atoms with van der Waals surface area (Å²) in [5, 5.41) is 11.8. The van der Waals surface area contributed by atoms with Crippen LogP contribution in [0.3, 0.4) is 0 Å². The van der Waals surface area contributed by atoms with Gasteiger partial charge in [-0.15, -0.1) is 0 Å². The number of carbonyl (C=O) groups is 2. The van der Waals surface area contributed by atoms with Gasteiger partial charge in [-0.1, -0.05) is 12.1 Å². The van der Waals surface area contributed by atoms with Crippen LogP contribution in [0.1, 0.15) is 18.9 Å². The summed E-state index contributed by atoms with van der Waals surface area (Å²) >= 11 is 0. The maximum atomic E-state index is 12.2. The van der Waals surface area contributed by atoms with Gasteiger partial charge in [-0.05, 0) is 37.5 Å². The molecule has 0 bridgehead atoms. The van der Waals surface area contributed by atoms with E-state index in [1.54, 1.807) is 31.2 Å². The number of rotatable bonds is 5. The highest BCUT2D eigenvalue weighted by atomic mass is 32.2. The maximum absolute atomic E-state index is 12.2. The van der Waals surface area contributed by atoms with Gasteiger partial charge >= 0.3 is 11.8 Å². The van der Waals surface area contributed by atoms with Crippen LogP contribution in [0.2, 0.25) is 0 Å². The minimum absolute atomic E-state index is 0.0594. The average molecular weight is 354 g/mol. The fourth-order valence-corrected chi connectivity index (χ4v) is 4.51. The number of carbonyl (C=O) groups excluding carboxylic acids is 2. The number of benzene rings is 1. The molecule has 0 saturated carbocycles. The Morgan fingerprint density at radius 3 is 2.50 bits per heavy atom. The van der Waals surface area contributed by atoms with E-state index in [1.165, 1.54) is 4.90 Å². The molecule has 0 aliphatic carbocycles. The van der Waals surface area contributed by atoms with Gasteiger partial charge in [0.2, 0.25) is 0 Å². The van der Waals surface area contributed by atoms with Crippen LogP contribution in [0.5, 0.6) is 5.75 Å². The van der Waals surface area contributed by atoms with E-state index >= 15 is 0 Å². The van der Waals surface area contributed by atoms with Gasteiger partial charge < -0.3 is 15.3 Å². The summed E-state index contributed by atoms with van der Waals surface area (Å²) in [6.45, 7) is 2.31. The van der Waals surface area contributed by atoms with Crippen LogP contribution in [0, 0.1) is 0 Å². The second kappa shape index (κ2) is 7.65. The summed E-state index contributed by atoms with van der Waals surface area (Å²) in [4.78, 5) is 25.6. The van der Waals surface area contributed by atoms with Gasteiger partial charge in [0.1, 0.15) is 5.75 Å². The van der Waals surface area contributed by atoms with Crippen LogP contribution in [-0.4, -0.2) is 60.9 Å². The fraction of sp³-hybridized carbons (Fsp3) is 0.500. The molecule has 2 rings (SSSR count). The van der Waals surface area contributed by atoms with Crippen molar-refractivity contribution in [1.82, 2.24) is 10.2 Å². The third kappa shape index (κ3) is 4.70. The van der Waals surface area contributed by atoms with Gasteiger partial charge in [0.25, 0.3) is 0 Å². The molecule has 1 aromatic carbocycles. The molecule has 2 N–H and O–H groups in total. The first-order valence-corrected chi connectivity index (χ1v) is 9.71. The van der Waals surface area contributed by atoms with E-state index < -0.39 is 27.7 Å². The van der Waals surface area contributed by atoms with Crippen molar-refractivity contribution in [2.24, 2.45) is 0 Å². The minimum atomic E-state index is -3.11. The molecule has 1 heterocycles. The molecular formula is C16H22N2O5S. The Hall–Kier alpha value is -2.09. The number of likely N-dealkylation sites (N-methyl/N-ethyl adjacent to an activating group) is 1. The smallest absolute Gasteiger partial charge is 0.312 e. The zero-order chi connectivity index (χ0) is 17.7. The van der Waals surface area contributed by atoms with E-state index in [1.807, 2.05) is 0 Å². The van der Waals surface area contributed by atoms with Crippen LogP contribution >= 0.6 is 0 Å². The Kier molecular flexibility index (Phi) is 5.82. The van der Waals surface area contributed by atoms with Crippen LogP contribution in [0.15, 0.2) is 24.3 Å².